The van der Waals surface area contributed by atoms with Gasteiger partial charge in [-0.2, -0.15) is 11.3 Å². The van der Waals surface area contributed by atoms with Gasteiger partial charge in [-0.25, -0.2) is 9.97 Å². The van der Waals surface area contributed by atoms with Crippen molar-refractivity contribution < 1.29 is 9.53 Å². The van der Waals surface area contributed by atoms with Crippen LogP contribution in [0.2, 0.25) is 0 Å². The third kappa shape index (κ3) is 2.34. The summed E-state index contributed by atoms with van der Waals surface area (Å²) in [4.78, 5) is 19.4. The van der Waals surface area contributed by atoms with Gasteiger partial charge in [-0.15, -0.1) is 0 Å². The first kappa shape index (κ1) is 10.6. The molecule has 0 radical (unpaired) electrons. The van der Waals surface area contributed by atoms with E-state index in [1.807, 2.05) is 5.38 Å². The molecule has 0 aliphatic heterocycles. The maximum Gasteiger partial charge on any atom is 0.316 e. The fourth-order valence-electron chi connectivity index (χ4n) is 1.08. The lowest BCUT2D eigenvalue weighted by atomic mass is 10.3. The summed E-state index contributed by atoms with van der Waals surface area (Å²) in [6.45, 7) is 0. The van der Waals surface area contributed by atoms with Crippen molar-refractivity contribution in [3.8, 4) is 6.01 Å². The molecule has 1 N–H and O–H groups in total. The molecule has 0 fully saturated rings. The monoisotopic (exact) mass is 235 g/mol. The van der Waals surface area contributed by atoms with E-state index in [4.69, 9.17) is 4.74 Å². The Kier molecular flexibility index (Phi) is 3.11. The predicted molar refractivity (Wildman–Crippen MR) is 60.9 cm³/mol. The summed E-state index contributed by atoms with van der Waals surface area (Å²) in [5.74, 6) is -0.171. The fourth-order valence-corrected chi connectivity index (χ4v) is 1.72. The number of anilines is 1. The Morgan fingerprint density at radius 2 is 2.19 bits per heavy atom. The lowest BCUT2D eigenvalue weighted by molar-refractivity contribution is 0.102. The van der Waals surface area contributed by atoms with Gasteiger partial charge in [-0.05, 0) is 11.4 Å². The van der Waals surface area contributed by atoms with Gasteiger partial charge in [0, 0.05) is 5.38 Å². The molecule has 0 aromatic carbocycles. The lowest BCUT2D eigenvalue weighted by Gasteiger charge is -2.03. The number of nitrogens with zero attached hydrogens (tertiary/aromatic N) is 2. The van der Waals surface area contributed by atoms with E-state index in [9.17, 15) is 4.79 Å². The Morgan fingerprint density at radius 3 is 2.75 bits per heavy atom. The number of carbonyl (C=O) groups excluding carboxylic acids is 1. The van der Waals surface area contributed by atoms with Gasteiger partial charge in [0.15, 0.2) is 0 Å². The van der Waals surface area contributed by atoms with E-state index in [-0.39, 0.29) is 11.9 Å². The zero-order valence-electron chi connectivity index (χ0n) is 8.51. The summed E-state index contributed by atoms with van der Waals surface area (Å²) < 4.78 is 4.81. The molecule has 0 spiro atoms. The van der Waals surface area contributed by atoms with Crippen LogP contribution >= 0.6 is 11.3 Å². The van der Waals surface area contributed by atoms with Gasteiger partial charge in [0.2, 0.25) is 0 Å². The third-order valence-corrected chi connectivity index (χ3v) is 2.54. The minimum absolute atomic E-state index is 0.171. The average Bonchev–Trinajstić information content (AvgIpc) is 2.83. The van der Waals surface area contributed by atoms with E-state index in [1.165, 1.54) is 30.8 Å². The SMILES string of the molecule is COc1ncc(NC(=O)c2ccsc2)cn1. The molecule has 6 heteroatoms. The number of amides is 1. The van der Waals surface area contributed by atoms with Crippen LogP contribution in [0, 0.1) is 0 Å². The van der Waals surface area contributed by atoms with Crippen LogP contribution in [0.1, 0.15) is 10.4 Å². The molecule has 0 aliphatic carbocycles. The number of hydrogen-bond acceptors (Lipinski definition) is 5. The van der Waals surface area contributed by atoms with Gasteiger partial charge in [-0.3, -0.25) is 4.79 Å². The number of ether oxygens (including phenoxy) is 1. The van der Waals surface area contributed by atoms with Crippen molar-refractivity contribution in [2.75, 3.05) is 12.4 Å². The maximum atomic E-state index is 11.6. The van der Waals surface area contributed by atoms with E-state index in [0.717, 1.165) is 0 Å². The largest absolute Gasteiger partial charge is 0.467 e. The summed E-state index contributed by atoms with van der Waals surface area (Å²) in [6, 6.07) is 2.03. The van der Waals surface area contributed by atoms with E-state index < -0.39 is 0 Å². The molecule has 2 aromatic heterocycles. The van der Waals surface area contributed by atoms with Crippen LogP contribution in [0.25, 0.3) is 0 Å². The van der Waals surface area contributed by atoms with E-state index in [2.05, 4.69) is 15.3 Å². The van der Waals surface area contributed by atoms with E-state index in [0.29, 0.717) is 11.3 Å². The van der Waals surface area contributed by atoms with Crippen molar-refractivity contribution in [3.63, 3.8) is 0 Å². The number of thiophene rings is 1. The van der Waals surface area contributed by atoms with Crippen LogP contribution in [0.5, 0.6) is 6.01 Å². The molecule has 2 aromatic rings. The highest BCUT2D eigenvalue weighted by molar-refractivity contribution is 7.08. The smallest absolute Gasteiger partial charge is 0.316 e. The lowest BCUT2D eigenvalue weighted by Crippen LogP contribution is -2.11. The van der Waals surface area contributed by atoms with Crippen LogP contribution in [0.3, 0.4) is 0 Å². The number of aromatic nitrogens is 2. The molecule has 16 heavy (non-hydrogen) atoms. The molecule has 2 heterocycles. The summed E-state index contributed by atoms with van der Waals surface area (Å²) in [7, 11) is 1.49. The quantitative estimate of drug-likeness (QED) is 0.881. The topological polar surface area (TPSA) is 64.1 Å². The van der Waals surface area contributed by atoms with Gasteiger partial charge in [-0.1, -0.05) is 0 Å². The second-order valence-corrected chi connectivity index (χ2v) is 3.70. The van der Waals surface area contributed by atoms with Gasteiger partial charge >= 0.3 is 6.01 Å². The first-order chi connectivity index (χ1) is 7.79. The Balaban J connectivity index is 2.06. The standard InChI is InChI=1S/C10H9N3O2S/c1-15-10-11-4-8(5-12-10)13-9(14)7-2-3-16-6-7/h2-6H,1H3,(H,13,14). The minimum Gasteiger partial charge on any atom is -0.467 e. The minimum atomic E-state index is -0.171. The van der Waals surface area contributed by atoms with Gasteiger partial charge < -0.3 is 10.1 Å². The van der Waals surface area contributed by atoms with Crippen LogP contribution in [-0.2, 0) is 0 Å². The molecule has 2 rings (SSSR count). The molecule has 5 nitrogen and oxygen atoms in total. The van der Waals surface area contributed by atoms with Crippen molar-refractivity contribution in [2.45, 2.75) is 0 Å². The molecule has 0 atom stereocenters. The van der Waals surface area contributed by atoms with Crippen molar-refractivity contribution in [1.29, 1.82) is 0 Å². The molecule has 1 amide bonds. The number of hydrogen-bond donors (Lipinski definition) is 1. The predicted octanol–water partition coefficient (Wildman–Crippen LogP) is 1.80. The van der Waals surface area contributed by atoms with Gasteiger partial charge in [0.25, 0.3) is 5.91 Å². The number of nitrogens with one attached hydrogen (secondary N) is 1. The average molecular weight is 235 g/mol. The number of methoxy groups -OCH3 is 1. The Morgan fingerprint density at radius 1 is 1.44 bits per heavy atom. The zero-order chi connectivity index (χ0) is 11.4. The third-order valence-electron chi connectivity index (χ3n) is 1.85. The second-order valence-electron chi connectivity index (χ2n) is 2.92. The molecule has 0 saturated heterocycles. The highest BCUT2D eigenvalue weighted by Crippen LogP contribution is 2.11. The normalized spacial score (nSPS) is 9.81. The van der Waals surface area contributed by atoms with Crippen molar-refractivity contribution in [2.24, 2.45) is 0 Å². The first-order valence-corrected chi connectivity index (χ1v) is 5.43. The molecular weight excluding hydrogens is 226 g/mol. The second kappa shape index (κ2) is 4.71. The van der Waals surface area contributed by atoms with Crippen LogP contribution in [0.4, 0.5) is 5.69 Å². The fraction of sp³-hybridized carbons (Fsp3) is 0.100. The molecule has 0 bridgehead atoms. The highest BCUT2D eigenvalue weighted by Gasteiger charge is 2.06. The molecule has 82 valence electrons. The van der Waals surface area contributed by atoms with E-state index in [1.54, 1.807) is 11.4 Å². The Bertz CT molecular complexity index is 467. The maximum absolute atomic E-state index is 11.6. The van der Waals surface area contributed by atoms with Crippen LogP contribution in [-0.4, -0.2) is 23.0 Å². The number of rotatable bonds is 3. The molecule has 0 aliphatic rings. The number of carbonyl (C=O) groups is 1. The molecule has 0 unspecified atom stereocenters. The van der Waals surface area contributed by atoms with Crippen LogP contribution < -0.4 is 10.1 Å². The Labute approximate surface area is 96.1 Å². The van der Waals surface area contributed by atoms with Crippen molar-refractivity contribution in [1.82, 2.24) is 9.97 Å². The van der Waals surface area contributed by atoms with Crippen LogP contribution in [0.15, 0.2) is 29.2 Å². The summed E-state index contributed by atoms with van der Waals surface area (Å²) in [5.41, 5.74) is 1.16. The molecule has 0 saturated carbocycles. The van der Waals surface area contributed by atoms with Crippen molar-refractivity contribution in [3.05, 3.63) is 34.8 Å². The summed E-state index contributed by atoms with van der Waals surface area (Å²) in [5, 5.41) is 6.31. The van der Waals surface area contributed by atoms with Gasteiger partial charge in [0.1, 0.15) is 0 Å². The summed E-state index contributed by atoms with van der Waals surface area (Å²) >= 11 is 1.47. The first-order valence-electron chi connectivity index (χ1n) is 4.49. The highest BCUT2D eigenvalue weighted by atomic mass is 32.1. The summed E-state index contributed by atoms with van der Waals surface area (Å²) in [6.07, 6.45) is 2.99. The zero-order valence-corrected chi connectivity index (χ0v) is 9.32. The molecular formula is C10H9N3O2S. The van der Waals surface area contributed by atoms with Crippen molar-refractivity contribution >= 4 is 22.9 Å². The van der Waals surface area contributed by atoms with E-state index >= 15 is 0 Å². The Hall–Kier alpha value is -1.95. The van der Waals surface area contributed by atoms with Gasteiger partial charge in [0.05, 0.1) is 30.8 Å².